The summed E-state index contributed by atoms with van der Waals surface area (Å²) in [5, 5.41) is 12.3. The van der Waals surface area contributed by atoms with Gasteiger partial charge in [-0.05, 0) is 58.9 Å². The molecule has 0 radical (unpaired) electrons. The van der Waals surface area contributed by atoms with Gasteiger partial charge in [-0.2, -0.15) is 16.1 Å². The maximum atomic E-state index is 13.1. The standard InChI is InChI=1S/C23H32N2O7S2/c1-22(2,3)32-21(28)24-13-7-6-8-15-31-17-9-11-18(12-10-17)34(29,30)25-14-16-33-23(4,5)19(25)20(26)27/h9-12,19H,7,13-16H2,1-5H3,(H,24,28)(H,26,27). The van der Waals surface area contributed by atoms with Gasteiger partial charge in [-0.15, -0.1) is 0 Å². The van der Waals surface area contributed by atoms with Crippen LogP contribution in [0.15, 0.2) is 29.2 Å². The monoisotopic (exact) mass is 512 g/mol. The molecule has 1 amide bonds. The highest BCUT2D eigenvalue weighted by atomic mass is 32.2. The van der Waals surface area contributed by atoms with E-state index >= 15 is 0 Å². The van der Waals surface area contributed by atoms with Gasteiger partial charge in [-0.25, -0.2) is 13.2 Å². The van der Waals surface area contributed by atoms with E-state index in [0.717, 1.165) is 4.31 Å². The van der Waals surface area contributed by atoms with Gasteiger partial charge in [0.25, 0.3) is 0 Å². The topological polar surface area (TPSA) is 122 Å². The minimum atomic E-state index is -3.99. The Labute approximate surface area is 205 Å². The zero-order valence-corrected chi connectivity index (χ0v) is 21.7. The summed E-state index contributed by atoms with van der Waals surface area (Å²) in [6, 6.07) is 4.66. The second-order valence-corrected chi connectivity index (χ2v) is 12.7. The second-order valence-electron chi connectivity index (χ2n) is 9.10. The second kappa shape index (κ2) is 11.3. The first kappa shape index (κ1) is 27.8. The Balaban J connectivity index is 1.90. The molecule has 0 aromatic heterocycles. The van der Waals surface area contributed by atoms with E-state index in [9.17, 15) is 23.1 Å². The largest absolute Gasteiger partial charge is 0.481 e. The van der Waals surface area contributed by atoms with E-state index in [4.69, 9.17) is 9.47 Å². The summed E-state index contributed by atoms with van der Waals surface area (Å²) in [6.07, 6.45) is -0.0724. The Morgan fingerprint density at radius 1 is 1.24 bits per heavy atom. The maximum Gasteiger partial charge on any atom is 0.407 e. The smallest absolute Gasteiger partial charge is 0.407 e. The van der Waals surface area contributed by atoms with Gasteiger partial charge in [0.2, 0.25) is 10.0 Å². The third kappa shape index (κ3) is 7.82. The number of carboxylic acids is 1. The van der Waals surface area contributed by atoms with Gasteiger partial charge in [-0.3, -0.25) is 4.79 Å². The fourth-order valence-electron chi connectivity index (χ4n) is 3.28. The molecular weight excluding hydrogens is 480 g/mol. The Bertz CT molecular complexity index is 1040. The average Bonchev–Trinajstić information content (AvgIpc) is 2.71. The fraction of sp³-hybridized carbons (Fsp3) is 0.565. The van der Waals surface area contributed by atoms with E-state index in [1.165, 1.54) is 36.0 Å². The van der Waals surface area contributed by atoms with Crippen molar-refractivity contribution in [2.24, 2.45) is 0 Å². The number of ether oxygens (including phenoxy) is 2. The van der Waals surface area contributed by atoms with Crippen LogP contribution >= 0.6 is 11.8 Å². The van der Waals surface area contributed by atoms with Crippen molar-refractivity contribution in [3.05, 3.63) is 24.3 Å². The summed E-state index contributed by atoms with van der Waals surface area (Å²) in [7, 11) is -3.99. The number of nitrogens with one attached hydrogen (secondary N) is 1. The first-order valence-electron chi connectivity index (χ1n) is 10.8. The van der Waals surface area contributed by atoms with Gasteiger partial charge in [0, 0.05) is 30.0 Å². The Kier molecular flexibility index (Phi) is 9.28. The molecule has 1 aromatic carbocycles. The lowest BCUT2D eigenvalue weighted by Gasteiger charge is -2.42. The van der Waals surface area contributed by atoms with Crippen LogP contribution in [0.5, 0.6) is 5.75 Å². The van der Waals surface area contributed by atoms with E-state index in [1.807, 2.05) is 0 Å². The number of alkyl carbamates (subject to hydrolysis) is 1. The third-order valence-electron chi connectivity index (χ3n) is 4.75. The van der Waals surface area contributed by atoms with Crippen LogP contribution in [0.2, 0.25) is 0 Å². The average molecular weight is 513 g/mol. The molecule has 2 N–H and O–H groups in total. The summed E-state index contributed by atoms with van der Waals surface area (Å²) in [4.78, 5) is 23.4. The van der Waals surface area contributed by atoms with Crippen LogP contribution in [-0.4, -0.2) is 71.7 Å². The summed E-state index contributed by atoms with van der Waals surface area (Å²) < 4.78 is 37.2. The van der Waals surface area contributed by atoms with Crippen molar-refractivity contribution in [1.82, 2.24) is 9.62 Å². The summed E-state index contributed by atoms with van der Waals surface area (Å²) in [6.45, 7) is 9.40. The van der Waals surface area contributed by atoms with Crippen molar-refractivity contribution in [3.63, 3.8) is 0 Å². The van der Waals surface area contributed by atoms with Crippen molar-refractivity contribution < 1.29 is 32.6 Å². The van der Waals surface area contributed by atoms with E-state index in [0.29, 0.717) is 24.5 Å². The Morgan fingerprint density at radius 2 is 1.88 bits per heavy atom. The SMILES string of the molecule is CC(C)(C)OC(=O)NCCC#CCOc1ccc(S(=O)(=O)N2CCSC(C)(C)C2C(=O)O)cc1. The molecule has 1 aliphatic heterocycles. The molecule has 1 saturated heterocycles. The number of carbonyl (C=O) groups excluding carboxylic acids is 1. The molecule has 1 atom stereocenters. The predicted octanol–water partition coefficient (Wildman–Crippen LogP) is 2.95. The van der Waals surface area contributed by atoms with Gasteiger partial charge in [0.1, 0.15) is 24.0 Å². The van der Waals surface area contributed by atoms with Gasteiger partial charge in [0.15, 0.2) is 0 Å². The van der Waals surface area contributed by atoms with Crippen LogP contribution in [0.25, 0.3) is 0 Å². The molecule has 1 aliphatic rings. The van der Waals surface area contributed by atoms with Crippen LogP contribution in [0.1, 0.15) is 41.0 Å². The first-order chi connectivity index (χ1) is 15.7. The number of amides is 1. The molecule has 1 fully saturated rings. The quantitative estimate of drug-likeness (QED) is 0.422. The summed E-state index contributed by atoms with van der Waals surface area (Å²) in [5.74, 6) is 5.48. The van der Waals surface area contributed by atoms with Gasteiger partial charge < -0.3 is 19.9 Å². The number of benzene rings is 1. The summed E-state index contributed by atoms with van der Waals surface area (Å²) >= 11 is 1.45. The number of sulfonamides is 1. The molecule has 0 saturated carbocycles. The fourth-order valence-corrected chi connectivity index (χ4v) is 6.37. The van der Waals surface area contributed by atoms with Crippen molar-refractivity contribution in [3.8, 4) is 17.6 Å². The highest BCUT2D eigenvalue weighted by Crippen LogP contribution is 2.38. The van der Waals surface area contributed by atoms with E-state index in [1.54, 1.807) is 34.6 Å². The first-order valence-corrected chi connectivity index (χ1v) is 13.2. The van der Waals surface area contributed by atoms with Crippen LogP contribution in [0.3, 0.4) is 0 Å². The highest BCUT2D eigenvalue weighted by Gasteiger charge is 2.48. The minimum Gasteiger partial charge on any atom is -0.481 e. The molecule has 34 heavy (non-hydrogen) atoms. The number of rotatable bonds is 7. The number of carbonyl (C=O) groups is 2. The van der Waals surface area contributed by atoms with E-state index in [2.05, 4.69) is 17.2 Å². The molecule has 0 aliphatic carbocycles. The number of thioether (sulfide) groups is 1. The lowest BCUT2D eigenvalue weighted by atomic mass is 10.0. The molecule has 2 rings (SSSR count). The molecule has 1 aromatic rings. The molecule has 188 valence electrons. The maximum absolute atomic E-state index is 13.1. The highest BCUT2D eigenvalue weighted by molar-refractivity contribution is 8.00. The van der Waals surface area contributed by atoms with Crippen molar-refractivity contribution in [1.29, 1.82) is 0 Å². The molecule has 0 spiro atoms. The van der Waals surface area contributed by atoms with E-state index in [-0.39, 0.29) is 18.0 Å². The number of nitrogens with zero attached hydrogens (tertiary/aromatic N) is 1. The number of hydrogen-bond acceptors (Lipinski definition) is 7. The van der Waals surface area contributed by atoms with Crippen LogP contribution < -0.4 is 10.1 Å². The van der Waals surface area contributed by atoms with Crippen molar-refractivity contribution in [2.75, 3.05) is 25.4 Å². The number of aliphatic carboxylic acids is 1. The number of carboxylic acid groups (broad SMARTS) is 1. The molecule has 11 heteroatoms. The van der Waals surface area contributed by atoms with Gasteiger partial charge >= 0.3 is 12.1 Å². The normalized spacial score (nSPS) is 18.3. The zero-order chi connectivity index (χ0) is 25.6. The molecule has 1 heterocycles. The molecule has 9 nitrogen and oxygen atoms in total. The Morgan fingerprint density at radius 3 is 2.47 bits per heavy atom. The molecule has 0 bridgehead atoms. The van der Waals surface area contributed by atoms with Crippen molar-refractivity contribution in [2.45, 2.75) is 62.3 Å². The molecular formula is C23H32N2O7S2. The predicted molar refractivity (Wildman–Crippen MR) is 130 cm³/mol. The van der Waals surface area contributed by atoms with Gasteiger partial charge in [-0.1, -0.05) is 11.8 Å². The molecule has 1 unspecified atom stereocenters. The van der Waals surface area contributed by atoms with Crippen LogP contribution in [0.4, 0.5) is 4.79 Å². The number of hydrogen-bond donors (Lipinski definition) is 2. The van der Waals surface area contributed by atoms with Crippen molar-refractivity contribution >= 4 is 33.8 Å². The van der Waals surface area contributed by atoms with E-state index < -0.39 is 38.5 Å². The third-order valence-corrected chi connectivity index (χ3v) is 7.98. The lowest BCUT2D eigenvalue weighted by Crippen LogP contribution is -2.58. The van der Waals surface area contributed by atoms with Crippen LogP contribution in [0, 0.1) is 11.8 Å². The van der Waals surface area contributed by atoms with Crippen LogP contribution in [-0.2, 0) is 19.6 Å². The van der Waals surface area contributed by atoms with Gasteiger partial charge in [0.05, 0.1) is 4.90 Å². The summed E-state index contributed by atoms with van der Waals surface area (Å²) in [5.41, 5.74) is -0.556. The minimum absolute atomic E-state index is 0.00750. The lowest BCUT2D eigenvalue weighted by molar-refractivity contribution is -0.142. The zero-order valence-electron chi connectivity index (χ0n) is 20.1. The Hall–Kier alpha value is -2.42.